The summed E-state index contributed by atoms with van der Waals surface area (Å²) in [6, 6.07) is 0. The highest BCUT2D eigenvalue weighted by Gasteiger charge is 1.94. The largest absolute Gasteiger partial charge is 0.379 e. The summed E-state index contributed by atoms with van der Waals surface area (Å²) in [5.74, 6) is 0. The quantitative estimate of drug-likeness (QED) is 0.449. The molecule has 0 saturated carbocycles. The Kier molecular flexibility index (Phi) is 30.2. The Morgan fingerprint density at radius 1 is 0.381 bits per heavy atom. The van der Waals surface area contributed by atoms with Gasteiger partial charge in [-0.1, -0.05) is 0 Å². The monoisotopic (exact) mass is 501 g/mol. The van der Waals surface area contributed by atoms with Gasteiger partial charge >= 0.3 is 0 Å². The van der Waals surface area contributed by atoms with E-state index in [9.17, 15) is 0 Å². The van der Waals surface area contributed by atoms with E-state index < -0.39 is 0 Å². The lowest BCUT2D eigenvalue weighted by molar-refractivity contribution is 0.109. The van der Waals surface area contributed by atoms with E-state index in [1.807, 2.05) is 0 Å². The minimum absolute atomic E-state index is 0. The van der Waals surface area contributed by atoms with Gasteiger partial charge in [-0.2, -0.15) is 0 Å². The first kappa shape index (κ1) is 27.1. The highest BCUT2D eigenvalue weighted by molar-refractivity contribution is 8.93. The van der Waals surface area contributed by atoms with Crippen molar-refractivity contribution in [2.24, 2.45) is 0 Å². The number of nitrogens with one attached hydrogen (secondary N) is 3. The molecule has 0 aliphatic carbocycles. The first-order valence-electron chi connectivity index (χ1n) is 6.85. The molecule has 3 N–H and O–H groups in total. The minimum Gasteiger partial charge on any atom is -0.379 e. The summed E-state index contributed by atoms with van der Waals surface area (Å²) < 4.78 is 16.4. The molecule has 0 aromatic carbocycles. The molecule has 0 aromatic heterocycles. The Hall–Kier alpha value is 1.20. The van der Waals surface area contributed by atoms with Crippen molar-refractivity contribution in [2.75, 3.05) is 78.9 Å². The summed E-state index contributed by atoms with van der Waals surface area (Å²) >= 11 is 0. The van der Waals surface area contributed by atoms with E-state index in [1.165, 1.54) is 0 Å². The van der Waals surface area contributed by atoms with Crippen LogP contribution in [0.5, 0.6) is 0 Å². The number of rotatable bonds is 0. The third-order valence-electron chi connectivity index (χ3n) is 2.54. The maximum Gasteiger partial charge on any atom is 0.0591 e. The average molecular weight is 504 g/mol. The highest BCUT2D eigenvalue weighted by atomic mass is 79.9. The zero-order chi connectivity index (χ0) is 12.7. The van der Waals surface area contributed by atoms with Crippen molar-refractivity contribution in [1.82, 2.24) is 16.0 Å². The van der Waals surface area contributed by atoms with Gasteiger partial charge in [0.15, 0.2) is 0 Å². The summed E-state index contributed by atoms with van der Waals surface area (Å²) in [4.78, 5) is 0. The van der Waals surface area contributed by atoms with E-state index in [4.69, 9.17) is 14.2 Å². The van der Waals surface area contributed by atoms with Gasteiger partial charge < -0.3 is 30.2 Å². The van der Waals surface area contributed by atoms with Crippen molar-refractivity contribution in [1.29, 1.82) is 0 Å². The van der Waals surface area contributed by atoms with Crippen LogP contribution >= 0.6 is 50.9 Å². The first-order chi connectivity index (χ1) is 9.00. The number of ether oxygens (including phenoxy) is 3. The van der Waals surface area contributed by atoms with Gasteiger partial charge in [-0.25, -0.2) is 0 Å². The van der Waals surface area contributed by atoms with Crippen LogP contribution in [0, 0.1) is 0 Å². The molecule has 0 radical (unpaired) electrons. The molecule has 0 bridgehead atoms. The Morgan fingerprint density at radius 2 is 0.571 bits per heavy atom. The zero-order valence-corrected chi connectivity index (χ0v) is 17.6. The molecule has 0 atom stereocenters. The summed E-state index contributed by atoms with van der Waals surface area (Å²) in [5.41, 5.74) is 0. The van der Waals surface area contributed by atoms with Crippen molar-refractivity contribution in [2.45, 2.75) is 0 Å². The van der Waals surface area contributed by atoms with E-state index in [0.717, 1.165) is 78.9 Å². The standard InChI is InChI=1S/C12H27N3O3.3BrH/c1-7-16-9-3-14-5-11-18-12-6-15-4-10-17-8-2-13-1;;;/h13-15H,1-12H2;3*1H. The van der Waals surface area contributed by atoms with Gasteiger partial charge in [0.25, 0.3) is 0 Å². The van der Waals surface area contributed by atoms with Crippen LogP contribution in [-0.4, -0.2) is 78.9 Å². The van der Waals surface area contributed by atoms with Crippen molar-refractivity contribution in [3.05, 3.63) is 0 Å². The van der Waals surface area contributed by atoms with Gasteiger partial charge in [-0.05, 0) is 0 Å². The van der Waals surface area contributed by atoms with Gasteiger partial charge in [-0.15, -0.1) is 50.9 Å². The van der Waals surface area contributed by atoms with Crippen LogP contribution in [0.4, 0.5) is 0 Å². The SMILES string of the molecule is Br.Br.Br.C1COCCNCCOCCNCCOCCN1. The third-order valence-corrected chi connectivity index (χ3v) is 2.54. The van der Waals surface area contributed by atoms with Crippen molar-refractivity contribution in [3.63, 3.8) is 0 Å². The van der Waals surface area contributed by atoms with Crippen LogP contribution in [0.2, 0.25) is 0 Å². The van der Waals surface area contributed by atoms with E-state index in [2.05, 4.69) is 16.0 Å². The molecule has 1 rings (SSSR count). The van der Waals surface area contributed by atoms with Gasteiger partial charge in [0.2, 0.25) is 0 Å². The number of halogens is 3. The van der Waals surface area contributed by atoms with Crippen LogP contribution in [0.1, 0.15) is 0 Å². The van der Waals surface area contributed by atoms with Gasteiger partial charge in [-0.3, -0.25) is 0 Å². The zero-order valence-electron chi connectivity index (χ0n) is 12.4. The van der Waals surface area contributed by atoms with Crippen LogP contribution in [0.15, 0.2) is 0 Å². The van der Waals surface area contributed by atoms with Crippen molar-refractivity contribution < 1.29 is 14.2 Å². The smallest absolute Gasteiger partial charge is 0.0591 e. The van der Waals surface area contributed by atoms with Crippen LogP contribution in [0.3, 0.4) is 0 Å². The Labute approximate surface area is 159 Å². The van der Waals surface area contributed by atoms with E-state index in [-0.39, 0.29) is 50.9 Å². The predicted molar refractivity (Wildman–Crippen MR) is 102 cm³/mol. The van der Waals surface area contributed by atoms with Crippen LogP contribution in [-0.2, 0) is 14.2 Å². The first-order valence-corrected chi connectivity index (χ1v) is 6.85. The van der Waals surface area contributed by atoms with Gasteiger partial charge in [0.05, 0.1) is 39.6 Å². The van der Waals surface area contributed by atoms with Gasteiger partial charge in [0.1, 0.15) is 0 Å². The molecule has 6 nitrogen and oxygen atoms in total. The van der Waals surface area contributed by atoms with Crippen molar-refractivity contribution in [3.8, 4) is 0 Å². The lowest BCUT2D eigenvalue weighted by Gasteiger charge is -2.10. The minimum atomic E-state index is 0. The Morgan fingerprint density at radius 3 is 0.762 bits per heavy atom. The van der Waals surface area contributed by atoms with Crippen LogP contribution in [0.25, 0.3) is 0 Å². The fourth-order valence-electron chi connectivity index (χ4n) is 1.55. The fourth-order valence-corrected chi connectivity index (χ4v) is 1.55. The molecule has 0 unspecified atom stereocenters. The molecule has 1 heterocycles. The topological polar surface area (TPSA) is 63.8 Å². The third kappa shape index (κ3) is 21.2. The summed E-state index contributed by atoms with van der Waals surface area (Å²) in [7, 11) is 0. The molecule has 0 aromatic rings. The lowest BCUT2D eigenvalue weighted by Crippen LogP contribution is -2.30. The summed E-state index contributed by atoms with van der Waals surface area (Å²) in [5, 5.41) is 9.84. The fraction of sp³-hybridized carbons (Fsp3) is 1.00. The molecule has 21 heavy (non-hydrogen) atoms. The summed E-state index contributed by atoms with van der Waals surface area (Å²) in [6.45, 7) is 9.78. The summed E-state index contributed by atoms with van der Waals surface area (Å²) in [6.07, 6.45) is 0. The second-order valence-electron chi connectivity index (χ2n) is 4.09. The Bertz CT molecular complexity index is 110. The van der Waals surface area contributed by atoms with E-state index in [1.54, 1.807) is 0 Å². The predicted octanol–water partition coefficient (Wildman–Crippen LogP) is 0.552. The van der Waals surface area contributed by atoms with Crippen LogP contribution < -0.4 is 16.0 Å². The molecule has 0 amide bonds. The normalized spacial score (nSPS) is 20.6. The molecule has 1 aliphatic heterocycles. The van der Waals surface area contributed by atoms with E-state index in [0.29, 0.717) is 0 Å². The molecular weight excluding hydrogens is 474 g/mol. The molecule has 9 heteroatoms. The molecule has 1 aliphatic rings. The number of hydrogen-bond acceptors (Lipinski definition) is 6. The average Bonchev–Trinajstić information content (AvgIpc) is 2.39. The molecule has 0 spiro atoms. The molecular formula is C12H30Br3N3O3. The maximum atomic E-state index is 5.46. The van der Waals surface area contributed by atoms with Gasteiger partial charge in [0, 0.05) is 39.3 Å². The Balaban J connectivity index is -0.00000108. The lowest BCUT2D eigenvalue weighted by atomic mass is 10.5. The second kappa shape index (κ2) is 23.5. The second-order valence-corrected chi connectivity index (χ2v) is 4.09. The number of hydrogen-bond donors (Lipinski definition) is 3. The molecule has 132 valence electrons. The molecule has 1 saturated heterocycles. The van der Waals surface area contributed by atoms with Crippen molar-refractivity contribution >= 4 is 50.9 Å². The highest BCUT2D eigenvalue weighted by Crippen LogP contribution is 1.77. The van der Waals surface area contributed by atoms with E-state index >= 15 is 0 Å². The molecule has 1 fully saturated rings. The maximum absolute atomic E-state index is 5.46.